The van der Waals surface area contributed by atoms with Crippen molar-refractivity contribution in [3.05, 3.63) is 69.7 Å². The van der Waals surface area contributed by atoms with Crippen LogP contribution in [-0.2, 0) is 11.2 Å². The number of fused-ring (bicyclic) bond motifs is 2. The molecule has 0 radical (unpaired) electrons. The number of rotatable bonds is 7. The Labute approximate surface area is 181 Å². The minimum Gasteiger partial charge on any atom is -0.358 e. The standard InChI is InChI=1S/C24H26N4O3/c1-27(2)10-8-14-13-25-23-19(30)12-16(24(31)20(14)23)22-15(9-11-28(3)4)21-17(26-22)6-5-7-18(21)29/h5-7,12-13,25H,8-11H2,1-4H3. The number of aromatic nitrogens is 1. The van der Waals surface area contributed by atoms with E-state index in [0.29, 0.717) is 47.6 Å². The maximum atomic E-state index is 13.6. The molecule has 1 aliphatic heterocycles. The molecule has 0 aromatic carbocycles. The maximum Gasteiger partial charge on any atom is 0.203 e. The van der Waals surface area contributed by atoms with Crippen LogP contribution in [0.2, 0.25) is 0 Å². The van der Waals surface area contributed by atoms with Gasteiger partial charge in [0.2, 0.25) is 5.78 Å². The Morgan fingerprint density at radius 1 is 0.968 bits per heavy atom. The molecule has 1 aromatic rings. The van der Waals surface area contributed by atoms with Gasteiger partial charge >= 0.3 is 0 Å². The molecule has 0 bridgehead atoms. The van der Waals surface area contributed by atoms with Crippen LogP contribution in [-0.4, -0.2) is 79.1 Å². The number of nitrogens with one attached hydrogen (secondary N) is 1. The topological polar surface area (TPSA) is 85.8 Å². The zero-order valence-corrected chi connectivity index (χ0v) is 18.3. The highest BCUT2D eigenvalue weighted by molar-refractivity contribution is 6.41. The van der Waals surface area contributed by atoms with Crippen molar-refractivity contribution in [1.29, 1.82) is 0 Å². The largest absolute Gasteiger partial charge is 0.358 e. The fourth-order valence-electron chi connectivity index (χ4n) is 4.06. The van der Waals surface area contributed by atoms with Crippen molar-refractivity contribution >= 4 is 23.1 Å². The molecule has 0 fully saturated rings. The monoisotopic (exact) mass is 418 g/mol. The van der Waals surface area contributed by atoms with E-state index in [-0.39, 0.29) is 22.9 Å². The molecule has 0 saturated heterocycles. The van der Waals surface area contributed by atoms with E-state index < -0.39 is 0 Å². The number of Topliss-reactive ketones (excluding diaryl/α,β-unsaturated/α-hetero) is 1. The first-order valence-electron chi connectivity index (χ1n) is 10.3. The van der Waals surface area contributed by atoms with Crippen LogP contribution in [0.1, 0.15) is 32.8 Å². The van der Waals surface area contributed by atoms with Crippen LogP contribution in [0, 0.1) is 0 Å². The fraction of sp³-hybridized carbons (Fsp3) is 0.333. The van der Waals surface area contributed by atoms with Gasteiger partial charge in [0.25, 0.3) is 0 Å². The van der Waals surface area contributed by atoms with Crippen LogP contribution in [0.25, 0.3) is 0 Å². The first kappa shape index (κ1) is 21.1. The van der Waals surface area contributed by atoms with Crippen molar-refractivity contribution in [2.24, 2.45) is 4.99 Å². The predicted molar refractivity (Wildman–Crippen MR) is 120 cm³/mol. The van der Waals surface area contributed by atoms with Gasteiger partial charge in [0.15, 0.2) is 11.6 Å². The van der Waals surface area contributed by atoms with E-state index in [9.17, 15) is 14.4 Å². The molecule has 7 heteroatoms. The second-order valence-electron chi connectivity index (χ2n) is 8.51. The summed E-state index contributed by atoms with van der Waals surface area (Å²) in [5, 5.41) is 0. The van der Waals surface area contributed by atoms with Crippen molar-refractivity contribution in [2.75, 3.05) is 41.3 Å². The Balaban J connectivity index is 1.76. The normalized spacial score (nSPS) is 18.0. The minimum absolute atomic E-state index is 0.116. The van der Waals surface area contributed by atoms with Crippen LogP contribution in [0.5, 0.6) is 0 Å². The summed E-state index contributed by atoms with van der Waals surface area (Å²) in [6.07, 6.45) is 9.28. The van der Waals surface area contributed by atoms with Crippen molar-refractivity contribution < 1.29 is 14.4 Å². The van der Waals surface area contributed by atoms with Gasteiger partial charge < -0.3 is 14.8 Å². The van der Waals surface area contributed by atoms with E-state index in [4.69, 9.17) is 0 Å². The van der Waals surface area contributed by atoms with Gasteiger partial charge in [-0.15, -0.1) is 0 Å². The predicted octanol–water partition coefficient (Wildman–Crippen LogP) is 2.15. The molecule has 0 unspecified atom stereocenters. The number of hydrogen-bond donors (Lipinski definition) is 1. The van der Waals surface area contributed by atoms with Crippen molar-refractivity contribution in [3.63, 3.8) is 0 Å². The van der Waals surface area contributed by atoms with Gasteiger partial charge in [-0.1, -0.05) is 6.08 Å². The van der Waals surface area contributed by atoms with E-state index in [2.05, 4.69) is 9.98 Å². The molecular weight excluding hydrogens is 392 g/mol. The molecule has 1 N–H and O–H groups in total. The minimum atomic E-state index is -0.242. The highest BCUT2D eigenvalue weighted by Gasteiger charge is 2.37. The van der Waals surface area contributed by atoms with Gasteiger partial charge in [-0.25, -0.2) is 4.99 Å². The molecule has 7 nitrogen and oxygen atoms in total. The molecule has 0 saturated carbocycles. The fourth-order valence-corrected chi connectivity index (χ4v) is 4.06. The van der Waals surface area contributed by atoms with Crippen molar-refractivity contribution in [2.45, 2.75) is 12.8 Å². The summed E-state index contributed by atoms with van der Waals surface area (Å²) in [6.45, 7) is 1.46. The zero-order chi connectivity index (χ0) is 22.3. The van der Waals surface area contributed by atoms with Crippen molar-refractivity contribution in [1.82, 2.24) is 14.8 Å². The Morgan fingerprint density at radius 3 is 2.39 bits per heavy atom. The Bertz CT molecular complexity index is 1140. The number of carbonyl (C=O) groups is 3. The lowest BCUT2D eigenvalue weighted by Gasteiger charge is -2.18. The number of allylic oxidation sites excluding steroid dienone is 6. The van der Waals surface area contributed by atoms with E-state index in [0.717, 1.165) is 17.7 Å². The third-order valence-corrected chi connectivity index (χ3v) is 5.67. The summed E-state index contributed by atoms with van der Waals surface area (Å²) < 4.78 is 0. The second-order valence-corrected chi connectivity index (χ2v) is 8.51. The average molecular weight is 418 g/mol. The number of nitrogens with zero attached hydrogens (tertiary/aromatic N) is 3. The number of carbonyl (C=O) groups excluding carboxylic acids is 3. The summed E-state index contributed by atoms with van der Waals surface area (Å²) in [4.78, 5) is 50.7. The molecule has 0 atom stereocenters. The molecule has 1 aromatic heterocycles. The van der Waals surface area contributed by atoms with E-state index in [1.54, 1.807) is 18.3 Å². The third-order valence-electron chi connectivity index (χ3n) is 5.67. The van der Waals surface area contributed by atoms with Crippen LogP contribution in [0.4, 0.5) is 0 Å². The van der Waals surface area contributed by atoms with Crippen molar-refractivity contribution in [3.8, 4) is 0 Å². The summed E-state index contributed by atoms with van der Waals surface area (Å²) >= 11 is 0. The summed E-state index contributed by atoms with van der Waals surface area (Å²) in [7, 11) is 7.84. The maximum absolute atomic E-state index is 13.6. The van der Waals surface area contributed by atoms with Gasteiger partial charge in [0.1, 0.15) is 0 Å². The van der Waals surface area contributed by atoms with E-state index in [1.807, 2.05) is 38.0 Å². The lowest BCUT2D eigenvalue weighted by molar-refractivity contribution is -0.111. The number of likely N-dealkylation sites (N-methyl/N-ethyl adjacent to an activating group) is 1. The average Bonchev–Trinajstić information content (AvgIpc) is 3.30. The summed E-state index contributed by atoms with van der Waals surface area (Å²) in [5.74, 6) is -0.575. The van der Waals surface area contributed by atoms with Gasteiger partial charge in [-0.2, -0.15) is 0 Å². The molecule has 0 spiro atoms. The number of ketones is 3. The first-order valence-corrected chi connectivity index (χ1v) is 10.3. The Kier molecular flexibility index (Phi) is 5.56. The lowest BCUT2D eigenvalue weighted by Crippen LogP contribution is -2.25. The van der Waals surface area contributed by atoms with Gasteiger partial charge in [-0.05, 0) is 64.3 Å². The van der Waals surface area contributed by atoms with Crippen LogP contribution >= 0.6 is 0 Å². The van der Waals surface area contributed by atoms with Crippen LogP contribution in [0.3, 0.4) is 0 Å². The highest BCUT2D eigenvalue weighted by Crippen LogP contribution is 2.36. The molecule has 2 heterocycles. The molecule has 31 heavy (non-hydrogen) atoms. The lowest BCUT2D eigenvalue weighted by atomic mass is 9.85. The SMILES string of the molecule is CN(C)CCC1=C2C(=O)C=CC=C2N=C1C1=CC(=O)c2[nH]cc(CCN(C)C)c2C1=O. The number of aliphatic imine (C=N–C) groups is 1. The number of H-pyrrole nitrogens is 1. The molecule has 160 valence electrons. The van der Waals surface area contributed by atoms with Gasteiger partial charge in [0, 0.05) is 25.4 Å². The summed E-state index contributed by atoms with van der Waals surface area (Å²) in [5.41, 5.74) is 4.13. The molecule has 0 amide bonds. The molecule has 2 aliphatic carbocycles. The summed E-state index contributed by atoms with van der Waals surface area (Å²) in [6, 6.07) is 0. The zero-order valence-electron chi connectivity index (χ0n) is 18.3. The number of aromatic amines is 1. The smallest absolute Gasteiger partial charge is 0.203 e. The highest BCUT2D eigenvalue weighted by atomic mass is 16.1. The quantitative estimate of drug-likeness (QED) is 0.733. The van der Waals surface area contributed by atoms with E-state index in [1.165, 1.54) is 12.2 Å². The van der Waals surface area contributed by atoms with Crippen LogP contribution in [0.15, 0.2) is 57.9 Å². The molecular formula is C24H26N4O3. The molecule has 4 rings (SSSR count). The van der Waals surface area contributed by atoms with Gasteiger partial charge in [0.05, 0.1) is 33.8 Å². The first-order chi connectivity index (χ1) is 14.8. The molecule has 3 aliphatic rings. The number of hydrogen-bond acceptors (Lipinski definition) is 6. The Morgan fingerprint density at radius 2 is 1.68 bits per heavy atom. The second kappa shape index (κ2) is 8.17. The van der Waals surface area contributed by atoms with Crippen LogP contribution < -0.4 is 0 Å². The van der Waals surface area contributed by atoms with E-state index >= 15 is 0 Å². The third kappa shape index (κ3) is 3.82. The Hall–Kier alpha value is -3.16. The van der Waals surface area contributed by atoms with Gasteiger partial charge in [-0.3, -0.25) is 14.4 Å².